The molecule has 0 saturated carbocycles. The Hall–Kier alpha value is -3.17. The largest absolute Gasteiger partial charge is 0.490 e. The highest BCUT2D eigenvalue weighted by molar-refractivity contribution is 7.21. The number of nitrogens with two attached hydrogens (primary N) is 2. The summed E-state index contributed by atoms with van der Waals surface area (Å²) >= 11 is 7.71. The molecular formula is C21H21ClN7OS+. The van der Waals surface area contributed by atoms with E-state index >= 15 is 0 Å². The van der Waals surface area contributed by atoms with Crippen molar-refractivity contribution in [2.24, 2.45) is 7.05 Å². The van der Waals surface area contributed by atoms with Crippen LogP contribution in [0.15, 0.2) is 30.5 Å². The summed E-state index contributed by atoms with van der Waals surface area (Å²) in [5.41, 5.74) is 16.7. The second-order valence-corrected chi connectivity index (χ2v) is 8.83. The summed E-state index contributed by atoms with van der Waals surface area (Å²) in [5.74, 6) is 2.17. The lowest BCUT2D eigenvalue weighted by atomic mass is 10.0. The third-order valence-electron chi connectivity index (χ3n) is 5.46. The number of nitrogen functional groups attached to an aromatic ring is 2. The number of aromatic nitrogens is 4. The Morgan fingerprint density at radius 1 is 1.19 bits per heavy atom. The monoisotopic (exact) mass is 454 g/mol. The number of fused-ring (bicyclic) bond motifs is 2. The first-order valence-electron chi connectivity index (χ1n) is 9.75. The highest BCUT2D eigenvalue weighted by Gasteiger charge is 2.26. The second kappa shape index (κ2) is 7.51. The summed E-state index contributed by atoms with van der Waals surface area (Å²) in [6.07, 6.45) is 1.85. The topological polar surface area (TPSA) is 107 Å². The first-order valence-corrected chi connectivity index (χ1v) is 10.9. The molecule has 0 saturated heterocycles. The van der Waals surface area contributed by atoms with Gasteiger partial charge in [0.1, 0.15) is 22.7 Å². The minimum atomic E-state index is 0.367. The average Bonchev–Trinajstić information content (AvgIpc) is 2.99. The van der Waals surface area contributed by atoms with Gasteiger partial charge >= 0.3 is 5.95 Å². The van der Waals surface area contributed by atoms with E-state index in [1.54, 1.807) is 0 Å². The van der Waals surface area contributed by atoms with Gasteiger partial charge in [0.05, 0.1) is 25.7 Å². The fraction of sp³-hybridized carbons (Fsp3) is 0.238. The summed E-state index contributed by atoms with van der Waals surface area (Å²) in [4.78, 5) is 16.1. The predicted octanol–water partition coefficient (Wildman–Crippen LogP) is 3.10. The molecule has 8 nitrogen and oxygen atoms in total. The van der Waals surface area contributed by atoms with Crippen LogP contribution in [0.4, 0.5) is 16.9 Å². The van der Waals surface area contributed by atoms with Crippen LogP contribution in [-0.2, 0) is 13.6 Å². The maximum Gasteiger partial charge on any atom is 0.346 e. The molecule has 4 heterocycles. The van der Waals surface area contributed by atoms with Crippen molar-refractivity contribution in [2.75, 3.05) is 29.5 Å². The smallest absolute Gasteiger partial charge is 0.346 e. The molecule has 0 spiro atoms. The molecule has 4 aromatic rings. The third kappa shape index (κ3) is 3.49. The van der Waals surface area contributed by atoms with E-state index in [0.717, 1.165) is 44.2 Å². The summed E-state index contributed by atoms with van der Waals surface area (Å²) in [5, 5.41) is 0.927. The van der Waals surface area contributed by atoms with Crippen molar-refractivity contribution < 1.29 is 9.30 Å². The molecule has 0 unspecified atom stereocenters. The molecule has 1 aliphatic rings. The first-order chi connectivity index (χ1) is 14.9. The summed E-state index contributed by atoms with van der Waals surface area (Å²) in [7, 11) is 1.89. The number of pyridine rings is 1. The normalized spacial score (nSPS) is 13.7. The van der Waals surface area contributed by atoms with Crippen molar-refractivity contribution >= 4 is 50.2 Å². The highest BCUT2D eigenvalue weighted by atomic mass is 35.5. The first kappa shape index (κ1) is 19.8. The van der Waals surface area contributed by atoms with Gasteiger partial charge < -0.3 is 21.1 Å². The maximum atomic E-state index is 6.32. The quantitative estimate of drug-likeness (QED) is 0.354. The number of rotatable bonds is 2. The molecule has 1 aromatic carbocycles. The molecule has 158 valence electrons. The van der Waals surface area contributed by atoms with Crippen LogP contribution in [0.25, 0.3) is 21.5 Å². The molecule has 0 fully saturated rings. The molecule has 0 atom stereocenters. The van der Waals surface area contributed by atoms with Crippen LogP contribution >= 0.6 is 22.9 Å². The van der Waals surface area contributed by atoms with Gasteiger partial charge in [-0.2, -0.15) is 0 Å². The maximum absolute atomic E-state index is 6.32. The molecule has 3 aromatic heterocycles. The van der Waals surface area contributed by atoms with Gasteiger partial charge in [-0.1, -0.05) is 22.4 Å². The zero-order valence-electron chi connectivity index (χ0n) is 17.1. The van der Waals surface area contributed by atoms with E-state index in [0.29, 0.717) is 35.9 Å². The zero-order valence-corrected chi connectivity index (χ0v) is 18.7. The SMILES string of the molecule is Cc1c(Cl)nc(N)[n+](C)c1N1CCOc2ccc(-c3cnc4sc(N)nc4c3)cc2C1. The Bertz CT molecular complexity index is 1300. The molecule has 0 aliphatic carbocycles. The Balaban J connectivity index is 1.55. The third-order valence-corrected chi connectivity index (χ3v) is 6.63. The van der Waals surface area contributed by atoms with Crippen molar-refractivity contribution in [2.45, 2.75) is 13.5 Å². The van der Waals surface area contributed by atoms with Crippen molar-refractivity contribution in [1.29, 1.82) is 0 Å². The van der Waals surface area contributed by atoms with Crippen LogP contribution in [-0.4, -0.2) is 28.1 Å². The second-order valence-electron chi connectivity index (χ2n) is 7.46. The number of thiazole rings is 1. The number of halogens is 1. The van der Waals surface area contributed by atoms with Gasteiger partial charge in [-0.3, -0.25) is 0 Å². The van der Waals surface area contributed by atoms with Gasteiger partial charge in [-0.05, 0) is 42.3 Å². The Morgan fingerprint density at radius 2 is 2.03 bits per heavy atom. The summed E-state index contributed by atoms with van der Waals surface area (Å²) in [6, 6.07) is 8.20. The van der Waals surface area contributed by atoms with Gasteiger partial charge in [0.15, 0.2) is 10.3 Å². The van der Waals surface area contributed by atoms with Gasteiger partial charge in [0.25, 0.3) is 0 Å². The Labute approximate surface area is 188 Å². The fourth-order valence-electron chi connectivity index (χ4n) is 3.91. The number of hydrogen-bond acceptors (Lipinski definition) is 8. The molecule has 10 heteroatoms. The summed E-state index contributed by atoms with van der Waals surface area (Å²) in [6.45, 7) is 3.85. The van der Waals surface area contributed by atoms with Gasteiger partial charge in [0, 0.05) is 17.3 Å². The number of ether oxygens (including phenoxy) is 1. The lowest BCUT2D eigenvalue weighted by Gasteiger charge is -2.22. The van der Waals surface area contributed by atoms with E-state index in [4.69, 9.17) is 27.8 Å². The molecule has 31 heavy (non-hydrogen) atoms. The van der Waals surface area contributed by atoms with Crippen molar-refractivity contribution in [1.82, 2.24) is 15.0 Å². The van der Waals surface area contributed by atoms with E-state index in [9.17, 15) is 0 Å². The molecule has 5 rings (SSSR count). The van der Waals surface area contributed by atoms with Crippen molar-refractivity contribution in [3.8, 4) is 16.9 Å². The van der Waals surface area contributed by atoms with Crippen LogP contribution in [0.1, 0.15) is 11.1 Å². The minimum Gasteiger partial charge on any atom is -0.490 e. The van der Waals surface area contributed by atoms with Gasteiger partial charge in [-0.15, -0.1) is 0 Å². The molecule has 0 bridgehead atoms. The van der Waals surface area contributed by atoms with E-state index in [1.165, 1.54) is 11.3 Å². The van der Waals surface area contributed by atoms with E-state index in [1.807, 2.05) is 42.9 Å². The number of anilines is 3. The van der Waals surface area contributed by atoms with Gasteiger partial charge in [0.2, 0.25) is 5.82 Å². The Kier molecular flexibility index (Phi) is 4.79. The fourth-order valence-corrected chi connectivity index (χ4v) is 4.74. The molecule has 0 amide bonds. The Morgan fingerprint density at radius 3 is 2.87 bits per heavy atom. The van der Waals surface area contributed by atoms with E-state index in [2.05, 4.69) is 25.9 Å². The van der Waals surface area contributed by atoms with Crippen molar-refractivity contribution in [3.05, 3.63) is 46.7 Å². The number of benzene rings is 1. The van der Waals surface area contributed by atoms with Crippen LogP contribution in [0.3, 0.4) is 0 Å². The van der Waals surface area contributed by atoms with Gasteiger partial charge in [-0.25, -0.2) is 14.5 Å². The van der Waals surface area contributed by atoms with Crippen LogP contribution in [0.2, 0.25) is 5.15 Å². The van der Waals surface area contributed by atoms with Crippen molar-refractivity contribution in [3.63, 3.8) is 0 Å². The predicted molar refractivity (Wildman–Crippen MR) is 123 cm³/mol. The van der Waals surface area contributed by atoms with Crippen LogP contribution in [0.5, 0.6) is 5.75 Å². The number of hydrogen-bond donors (Lipinski definition) is 2. The zero-order chi connectivity index (χ0) is 21.7. The molecule has 0 radical (unpaired) electrons. The lowest BCUT2D eigenvalue weighted by molar-refractivity contribution is -0.647. The number of nitrogens with zero attached hydrogens (tertiary/aromatic N) is 5. The highest BCUT2D eigenvalue weighted by Crippen LogP contribution is 2.33. The standard InChI is InChI=1S/C21H20ClN7OS/c1-11-17(22)27-20(23)28(2)19(11)29-5-6-30-16-4-3-12(7-14(16)10-29)13-8-15-18(25-9-13)31-21(24)26-15/h3-4,7-9,23H,5-6,10H2,1-2H3,(H2,24,26)/p+1. The van der Waals surface area contributed by atoms with Crippen LogP contribution in [0, 0.1) is 6.92 Å². The minimum absolute atomic E-state index is 0.367. The average molecular weight is 455 g/mol. The van der Waals surface area contributed by atoms with Crippen LogP contribution < -0.4 is 25.7 Å². The molecule has 1 aliphatic heterocycles. The van der Waals surface area contributed by atoms with E-state index in [-0.39, 0.29) is 0 Å². The lowest BCUT2D eigenvalue weighted by Crippen LogP contribution is -2.43. The molecule has 4 N–H and O–H groups in total. The summed E-state index contributed by atoms with van der Waals surface area (Å²) < 4.78 is 7.89. The molecular weight excluding hydrogens is 434 g/mol. The van der Waals surface area contributed by atoms with E-state index < -0.39 is 0 Å².